The zero-order valence-corrected chi connectivity index (χ0v) is 20.0. The number of nitrogens with one attached hydrogen (secondary N) is 2. The Hall–Kier alpha value is -3.99. The van der Waals surface area contributed by atoms with Crippen molar-refractivity contribution in [1.29, 1.82) is 0 Å². The number of sulfonamides is 1. The Morgan fingerprint density at radius 1 is 1.00 bits per heavy atom. The molecular weight excluding hydrogens is 452 g/mol. The second-order valence-corrected chi connectivity index (χ2v) is 9.75. The van der Waals surface area contributed by atoms with Gasteiger partial charge in [-0.1, -0.05) is 24.8 Å². The van der Waals surface area contributed by atoms with Crippen molar-refractivity contribution in [1.82, 2.24) is 34.3 Å². The summed E-state index contributed by atoms with van der Waals surface area (Å²) in [4.78, 5) is 9.40. The standard InChI is InChI=1S/C23H26N8O2S/c1-16(29-34(4,32)33)8-9-24-23-21(20-12-27-31(3)15-20)13-25-22(28-23)18-7-5-6-17(10-18)19-11-26-30(2)14-19/h5-7,10-15,29H,1,8-9H2,2-4H3,(H,24,25,28). The van der Waals surface area contributed by atoms with Crippen molar-refractivity contribution in [2.75, 3.05) is 18.1 Å². The molecule has 0 aliphatic rings. The summed E-state index contributed by atoms with van der Waals surface area (Å²) in [6, 6.07) is 7.96. The second kappa shape index (κ2) is 9.48. The Kier molecular flexibility index (Phi) is 6.46. The molecule has 0 aliphatic heterocycles. The first-order valence-electron chi connectivity index (χ1n) is 10.5. The summed E-state index contributed by atoms with van der Waals surface area (Å²) in [5.41, 5.74) is 4.95. The van der Waals surface area contributed by atoms with Crippen molar-refractivity contribution >= 4 is 15.8 Å². The fourth-order valence-electron chi connectivity index (χ4n) is 3.48. The van der Waals surface area contributed by atoms with Crippen LogP contribution in [0, 0.1) is 0 Å². The second-order valence-electron chi connectivity index (χ2n) is 8.00. The van der Waals surface area contributed by atoms with Crippen LogP contribution in [0.4, 0.5) is 5.82 Å². The molecule has 0 atom stereocenters. The lowest BCUT2D eigenvalue weighted by Crippen LogP contribution is -2.22. The van der Waals surface area contributed by atoms with E-state index in [2.05, 4.69) is 31.8 Å². The van der Waals surface area contributed by atoms with Gasteiger partial charge in [-0.15, -0.1) is 0 Å². The maximum Gasteiger partial charge on any atom is 0.229 e. The molecule has 11 heteroatoms. The average molecular weight is 479 g/mol. The number of aromatic nitrogens is 6. The highest BCUT2D eigenvalue weighted by atomic mass is 32.2. The number of anilines is 1. The number of nitrogens with zero attached hydrogens (tertiary/aromatic N) is 6. The molecule has 176 valence electrons. The van der Waals surface area contributed by atoms with Crippen LogP contribution < -0.4 is 10.0 Å². The molecule has 2 N–H and O–H groups in total. The molecule has 0 aliphatic carbocycles. The van der Waals surface area contributed by atoms with Gasteiger partial charge in [-0.05, 0) is 11.6 Å². The first-order valence-corrected chi connectivity index (χ1v) is 12.4. The molecule has 0 radical (unpaired) electrons. The Labute approximate surface area is 198 Å². The van der Waals surface area contributed by atoms with Gasteiger partial charge in [-0.2, -0.15) is 10.2 Å². The normalized spacial score (nSPS) is 11.4. The molecule has 0 unspecified atom stereocenters. The van der Waals surface area contributed by atoms with Gasteiger partial charge in [0.1, 0.15) is 5.82 Å². The molecule has 0 fully saturated rings. The zero-order chi connectivity index (χ0) is 24.3. The van der Waals surface area contributed by atoms with Crippen LogP contribution in [0.15, 0.2) is 67.5 Å². The number of aryl methyl sites for hydroxylation is 2. The minimum absolute atomic E-state index is 0.398. The van der Waals surface area contributed by atoms with E-state index in [1.165, 1.54) is 0 Å². The largest absolute Gasteiger partial charge is 0.369 e. The molecule has 1 aromatic carbocycles. The molecule has 0 bridgehead atoms. The molecule has 0 spiro atoms. The molecule has 0 amide bonds. The summed E-state index contributed by atoms with van der Waals surface area (Å²) < 4.78 is 28.7. The van der Waals surface area contributed by atoms with Crippen LogP contribution in [0.25, 0.3) is 33.6 Å². The van der Waals surface area contributed by atoms with Crippen molar-refractivity contribution in [2.24, 2.45) is 14.1 Å². The number of hydrogen-bond acceptors (Lipinski definition) is 7. The summed E-state index contributed by atoms with van der Waals surface area (Å²) in [6.45, 7) is 4.21. The number of hydrogen-bond donors (Lipinski definition) is 2. The van der Waals surface area contributed by atoms with Crippen molar-refractivity contribution < 1.29 is 8.42 Å². The van der Waals surface area contributed by atoms with Crippen LogP contribution in [-0.4, -0.2) is 50.7 Å². The molecule has 3 aromatic heterocycles. The SMILES string of the molecule is C=C(CCNc1nc(-c2cccc(-c3cnn(C)c3)c2)ncc1-c1cnn(C)c1)NS(C)(=O)=O. The fraction of sp³-hybridized carbons (Fsp3) is 0.217. The fourth-order valence-corrected chi connectivity index (χ4v) is 4.11. The van der Waals surface area contributed by atoms with Gasteiger partial charge in [-0.3, -0.25) is 14.1 Å². The quantitative estimate of drug-likeness (QED) is 0.380. The lowest BCUT2D eigenvalue weighted by molar-refractivity contribution is 0.593. The minimum Gasteiger partial charge on any atom is -0.369 e. The summed E-state index contributed by atoms with van der Waals surface area (Å²) >= 11 is 0. The lowest BCUT2D eigenvalue weighted by atomic mass is 10.1. The zero-order valence-electron chi connectivity index (χ0n) is 19.2. The van der Waals surface area contributed by atoms with E-state index in [0.29, 0.717) is 30.3 Å². The van der Waals surface area contributed by atoms with Crippen LogP contribution in [0.3, 0.4) is 0 Å². The van der Waals surface area contributed by atoms with Gasteiger partial charge in [-0.25, -0.2) is 18.4 Å². The van der Waals surface area contributed by atoms with E-state index >= 15 is 0 Å². The van der Waals surface area contributed by atoms with Gasteiger partial charge in [0.2, 0.25) is 10.0 Å². The molecule has 4 aromatic rings. The molecule has 4 rings (SSSR count). The van der Waals surface area contributed by atoms with E-state index in [9.17, 15) is 8.42 Å². The Morgan fingerprint density at radius 2 is 1.68 bits per heavy atom. The molecule has 0 saturated carbocycles. The third-order valence-electron chi connectivity index (χ3n) is 5.01. The highest BCUT2D eigenvalue weighted by Crippen LogP contribution is 2.29. The van der Waals surface area contributed by atoms with Crippen LogP contribution in [0.5, 0.6) is 0 Å². The van der Waals surface area contributed by atoms with Crippen LogP contribution in [-0.2, 0) is 24.1 Å². The maximum absolute atomic E-state index is 11.4. The third kappa shape index (κ3) is 5.67. The lowest BCUT2D eigenvalue weighted by Gasteiger charge is -2.13. The van der Waals surface area contributed by atoms with E-state index in [1.807, 2.05) is 57.0 Å². The molecule has 0 saturated heterocycles. The Bertz CT molecular complexity index is 1440. The topological polar surface area (TPSA) is 120 Å². The van der Waals surface area contributed by atoms with Crippen molar-refractivity contribution in [2.45, 2.75) is 6.42 Å². The summed E-state index contributed by atoms with van der Waals surface area (Å²) in [7, 11) is 0.370. The van der Waals surface area contributed by atoms with Gasteiger partial charge in [0.05, 0.1) is 18.6 Å². The van der Waals surface area contributed by atoms with Gasteiger partial charge < -0.3 is 5.32 Å². The highest BCUT2D eigenvalue weighted by molar-refractivity contribution is 7.88. The van der Waals surface area contributed by atoms with Crippen LogP contribution >= 0.6 is 0 Å². The van der Waals surface area contributed by atoms with Gasteiger partial charge in [0.25, 0.3) is 0 Å². The summed E-state index contributed by atoms with van der Waals surface area (Å²) in [6.07, 6.45) is 10.7. The minimum atomic E-state index is -3.35. The van der Waals surface area contributed by atoms with E-state index in [0.717, 1.165) is 34.1 Å². The molecular formula is C23H26N8O2S. The number of benzene rings is 1. The van der Waals surface area contributed by atoms with E-state index < -0.39 is 10.0 Å². The first-order chi connectivity index (χ1) is 16.2. The molecule has 34 heavy (non-hydrogen) atoms. The van der Waals surface area contributed by atoms with Crippen molar-refractivity contribution in [3.05, 3.63) is 67.5 Å². The van der Waals surface area contributed by atoms with E-state index in [4.69, 9.17) is 4.98 Å². The van der Waals surface area contributed by atoms with Gasteiger partial charge in [0, 0.05) is 73.6 Å². The number of rotatable bonds is 9. The van der Waals surface area contributed by atoms with Gasteiger partial charge in [0.15, 0.2) is 5.82 Å². The van der Waals surface area contributed by atoms with Crippen molar-refractivity contribution in [3.63, 3.8) is 0 Å². The third-order valence-corrected chi connectivity index (χ3v) is 5.67. The predicted octanol–water partition coefficient (Wildman–Crippen LogP) is 2.81. The van der Waals surface area contributed by atoms with Crippen LogP contribution in [0.2, 0.25) is 0 Å². The monoisotopic (exact) mass is 478 g/mol. The van der Waals surface area contributed by atoms with Gasteiger partial charge >= 0.3 is 0 Å². The highest BCUT2D eigenvalue weighted by Gasteiger charge is 2.13. The Morgan fingerprint density at radius 3 is 2.32 bits per heavy atom. The van der Waals surface area contributed by atoms with E-state index in [1.54, 1.807) is 21.8 Å². The average Bonchev–Trinajstić information content (AvgIpc) is 3.41. The van der Waals surface area contributed by atoms with E-state index in [-0.39, 0.29) is 0 Å². The summed E-state index contributed by atoms with van der Waals surface area (Å²) in [5.74, 6) is 1.19. The maximum atomic E-state index is 11.4. The smallest absolute Gasteiger partial charge is 0.229 e. The van der Waals surface area contributed by atoms with Crippen LogP contribution in [0.1, 0.15) is 6.42 Å². The predicted molar refractivity (Wildman–Crippen MR) is 132 cm³/mol. The molecule has 10 nitrogen and oxygen atoms in total. The summed E-state index contributed by atoms with van der Waals surface area (Å²) in [5, 5.41) is 11.8. The van der Waals surface area contributed by atoms with Crippen molar-refractivity contribution in [3.8, 4) is 33.6 Å². The Balaban J connectivity index is 1.63. The first kappa shape index (κ1) is 23.2. The molecule has 3 heterocycles.